The highest BCUT2D eigenvalue weighted by Crippen LogP contribution is 2.09. The van der Waals surface area contributed by atoms with Crippen molar-refractivity contribution < 1.29 is 4.74 Å². The lowest BCUT2D eigenvalue weighted by Crippen LogP contribution is -2.44. The fourth-order valence-corrected chi connectivity index (χ4v) is 1.89. The largest absolute Gasteiger partial charge is 0.379 e. The molecule has 80 valence electrons. The molecule has 2 aliphatic rings. The van der Waals surface area contributed by atoms with Gasteiger partial charge in [-0.25, -0.2) is 0 Å². The van der Waals surface area contributed by atoms with Crippen molar-refractivity contribution in [2.24, 2.45) is 0 Å². The summed E-state index contributed by atoms with van der Waals surface area (Å²) in [6.07, 6.45) is 1.32. The van der Waals surface area contributed by atoms with E-state index in [1.807, 2.05) is 0 Å². The molecule has 5 heteroatoms. The van der Waals surface area contributed by atoms with Crippen molar-refractivity contribution in [3.05, 3.63) is 0 Å². The van der Waals surface area contributed by atoms with Crippen molar-refractivity contribution in [1.29, 1.82) is 0 Å². The van der Waals surface area contributed by atoms with Crippen LogP contribution in [-0.4, -0.2) is 50.3 Å². The normalized spacial score (nSPS) is 29.1. The molecule has 0 spiro atoms. The van der Waals surface area contributed by atoms with E-state index in [0.717, 1.165) is 32.3 Å². The molecule has 13 heavy (non-hydrogen) atoms. The molecule has 2 aliphatic heterocycles. The van der Waals surface area contributed by atoms with Crippen LogP contribution in [-0.2, 0) is 4.74 Å². The molecule has 0 amide bonds. The van der Waals surface area contributed by atoms with Gasteiger partial charge in [0.25, 0.3) is 0 Å². The van der Waals surface area contributed by atoms with Crippen molar-refractivity contribution in [1.82, 2.24) is 10.2 Å². The summed E-state index contributed by atoms with van der Waals surface area (Å²) in [5, 5.41) is 3.39. The zero-order valence-electron chi connectivity index (χ0n) is 7.70. The summed E-state index contributed by atoms with van der Waals surface area (Å²) in [5.74, 6) is 0. The van der Waals surface area contributed by atoms with Gasteiger partial charge in [0.1, 0.15) is 0 Å². The lowest BCUT2D eigenvalue weighted by molar-refractivity contribution is 0.0206. The van der Waals surface area contributed by atoms with Gasteiger partial charge in [0, 0.05) is 25.7 Å². The molecule has 0 aromatic carbocycles. The highest BCUT2D eigenvalue weighted by Gasteiger charge is 2.23. The lowest BCUT2D eigenvalue weighted by atomic mass is 10.2. The zero-order valence-corrected chi connectivity index (χ0v) is 9.33. The topological polar surface area (TPSA) is 24.5 Å². The van der Waals surface area contributed by atoms with Gasteiger partial charge >= 0.3 is 0 Å². The summed E-state index contributed by atoms with van der Waals surface area (Å²) < 4.78 is 5.30. The molecule has 2 fully saturated rings. The molecular formula is C8H18Cl2N2O. The average Bonchev–Trinajstić information content (AvgIpc) is 2.58. The van der Waals surface area contributed by atoms with E-state index in [4.69, 9.17) is 4.74 Å². The van der Waals surface area contributed by atoms with Crippen LogP contribution in [0.2, 0.25) is 0 Å². The van der Waals surface area contributed by atoms with Crippen molar-refractivity contribution in [2.45, 2.75) is 12.5 Å². The molecule has 2 rings (SSSR count). The standard InChI is InChI=1S/C8H16N2O.2ClH/c1-2-9-7-8(1)10-3-5-11-6-4-10;;/h8-9H,1-7H2;2*1H/t8-;;/m0../s1. The van der Waals surface area contributed by atoms with Crippen LogP contribution in [0.4, 0.5) is 0 Å². The van der Waals surface area contributed by atoms with Crippen molar-refractivity contribution >= 4 is 24.8 Å². The molecule has 0 aromatic heterocycles. The van der Waals surface area contributed by atoms with Gasteiger partial charge in [-0.2, -0.15) is 0 Å². The molecular weight excluding hydrogens is 211 g/mol. The minimum Gasteiger partial charge on any atom is -0.379 e. The number of nitrogens with one attached hydrogen (secondary N) is 1. The predicted molar refractivity (Wildman–Crippen MR) is 58.2 cm³/mol. The Bertz CT molecular complexity index is 125. The maximum Gasteiger partial charge on any atom is 0.0594 e. The molecule has 0 bridgehead atoms. The van der Waals surface area contributed by atoms with Gasteiger partial charge in [0.15, 0.2) is 0 Å². The minimum atomic E-state index is 0. The summed E-state index contributed by atoms with van der Waals surface area (Å²) in [4.78, 5) is 2.55. The third-order valence-electron chi connectivity index (χ3n) is 2.60. The predicted octanol–water partition coefficient (Wildman–Crippen LogP) is 0.524. The third-order valence-corrected chi connectivity index (χ3v) is 2.60. The second-order valence-corrected chi connectivity index (χ2v) is 3.29. The van der Waals surface area contributed by atoms with E-state index in [1.165, 1.54) is 19.5 Å². The smallest absolute Gasteiger partial charge is 0.0594 e. The first kappa shape index (κ1) is 13.5. The first-order valence-electron chi connectivity index (χ1n) is 4.49. The summed E-state index contributed by atoms with van der Waals surface area (Å²) in [5.41, 5.74) is 0. The van der Waals surface area contributed by atoms with E-state index < -0.39 is 0 Å². The molecule has 2 saturated heterocycles. The van der Waals surface area contributed by atoms with Gasteiger partial charge in [0.2, 0.25) is 0 Å². The van der Waals surface area contributed by atoms with Gasteiger partial charge in [-0.15, -0.1) is 24.8 Å². The molecule has 1 N–H and O–H groups in total. The molecule has 3 nitrogen and oxygen atoms in total. The van der Waals surface area contributed by atoms with Crippen molar-refractivity contribution in [2.75, 3.05) is 39.4 Å². The molecule has 0 saturated carbocycles. The Labute approximate surface area is 92.0 Å². The highest BCUT2D eigenvalue weighted by molar-refractivity contribution is 5.85. The molecule has 0 radical (unpaired) electrons. The number of hydrogen-bond acceptors (Lipinski definition) is 3. The van der Waals surface area contributed by atoms with E-state index in [1.54, 1.807) is 0 Å². The molecule has 1 atom stereocenters. The van der Waals surface area contributed by atoms with Gasteiger partial charge in [0.05, 0.1) is 13.2 Å². The van der Waals surface area contributed by atoms with E-state index in [0.29, 0.717) is 0 Å². The molecule has 0 unspecified atom stereocenters. The van der Waals surface area contributed by atoms with Crippen LogP contribution >= 0.6 is 24.8 Å². The number of nitrogens with zero attached hydrogens (tertiary/aromatic N) is 1. The molecule has 0 aromatic rings. The van der Waals surface area contributed by atoms with Crippen LogP contribution in [0.1, 0.15) is 6.42 Å². The Morgan fingerprint density at radius 1 is 1.15 bits per heavy atom. The first-order chi connectivity index (χ1) is 5.47. The fraction of sp³-hybridized carbons (Fsp3) is 1.00. The van der Waals surface area contributed by atoms with Crippen LogP contribution in [0, 0.1) is 0 Å². The SMILES string of the molecule is C1C[C@H](N2CCOCC2)CN1.Cl.Cl. The van der Waals surface area contributed by atoms with E-state index >= 15 is 0 Å². The lowest BCUT2D eigenvalue weighted by Gasteiger charge is -2.31. The summed E-state index contributed by atoms with van der Waals surface area (Å²) in [7, 11) is 0. The maximum atomic E-state index is 5.30. The monoisotopic (exact) mass is 228 g/mol. The van der Waals surface area contributed by atoms with Crippen molar-refractivity contribution in [3.63, 3.8) is 0 Å². The highest BCUT2D eigenvalue weighted by atomic mass is 35.5. The number of ether oxygens (including phenoxy) is 1. The van der Waals surface area contributed by atoms with Crippen LogP contribution in [0.15, 0.2) is 0 Å². The van der Waals surface area contributed by atoms with Gasteiger partial charge in [-0.1, -0.05) is 0 Å². The number of rotatable bonds is 1. The van der Waals surface area contributed by atoms with Gasteiger partial charge in [-0.05, 0) is 13.0 Å². The first-order valence-corrected chi connectivity index (χ1v) is 4.49. The Kier molecular flexibility index (Phi) is 7.09. The second-order valence-electron chi connectivity index (χ2n) is 3.29. The van der Waals surface area contributed by atoms with E-state index in [-0.39, 0.29) is 24.8 Å². The Hall–Kier alpha value is 0.460. The molecule has 0 aliphatic carbocycles. The number of halogens is 2. The number of morpholine rings is 1. The van der Waals surface area contributed by atoms with Gasteiger partial charge in [-0.3, -0.25) is 4.90 Å². The van der Waals surface area contributed by atoms with Crippen LogP contribution in [0.5, 0.6) is 0 Å². The van der Waals surface area contributed by atoms with Crippen LogP contribution in [0.3, 0.4) is 0 Å². The van der Waals surface area contributed by atoms with Crippen molar-refractivity contribution in [3.8, 4) is 0 Å². The summed E-state index contributed by atoms with van der Waals surface area (Å²) in [6.45, 7) is 6.49. The van der Waals surface area contributed by atoms with E-state index in [9.17, 15) is 0 Å². The molecule has 2 heterocycles. The van der Waals surface area contributed by atoms with E-state index in [2.05, 4.69) is 10.2 Å². The van der Waals surface area contributed by atoms with Crippen LogP contribution in [0.25, 0.3) is 0 Å². The Balaban J connectivity index is 0.000000720. The third kappa shape index (κ3) is 3.60. The Morgan fingerprint density at radius 3 is 2.38 bits per heavy atom. The quantitative estimate of drug-likeness (QED) is 0.709. The summed E-state index contributed by atoms with van der Waals surface area (Å²) in [6, 6.07) is 0.791. The van der Waals surface area contributed by atoms with Gasteiger partial charge < -0.3 is 10.1 Å². The second kappa shape index (κ2) is 6.85. The fourth-order valence-electron chi connectivity index (χ4n) is 1.89. The zero-order chi connectivity index (χ0) is 7.52. The Morgan fingerprint density at radius 2 is 1.85 bits per heavy atom. The average molecular weight is 229 g/mol. The summed E-state index contributed by atoms with van der Waals surface area (Å²) >= 11 is 0. The van der Waals surface area contributed by atoms with Crippen LogP contribution < -0.4 is 5.32 Å². The number of hydrogen-bond donors (Lipinski definition) is 1. The maximum absolute atomic E-state index is 5.30. The minimum absolute atomic E-state index is 0.